The monoisotopic (exact) mass is 444 g/mol. The number of aryl methyl sites for hydroxylation is 1. The van der Waals surface area contributed by atoms with Crippen molar-refractivity contribution in [2.24, 2.45) is 0 Å². The summed E-state index contributed by atoms with van der Waals surface area (Å²) in [5, 5.41) is 16.6. The molecule has 0 fully saturated rings. The van der Waals surface area contributed by atoms with Crippen LogP contribution in [0.2, 0.25) is 0 Å². The Morgan fingerprint density at radius 3 is 2.55 bits per heavy atom. The average molecular weight is 445 g/mol. The van der Waals surface area contributed by atoms with Crippen molar-refractivity contribution in [3.63, 3.8) is 0 Å². The van der Waals surface area contributed by atoms with Gasteiger partial charge in [-0.25, -0.2) is 9.97 Å². The summed E-state index contributed by atoms with van der Waals surface area (Å²) in [4.78, 5) is 9.18. The molecule has 0 unspecified atom stereocenters. The van der Waals surface area contributed by atoms with Crippen molar-refractivity contribution in [2.45, 2.75) is 13.5 Å². The lowest BCUT2D eigenvalue weighted by Gasteiger charge is -2.07. The molecule has 4 aromatic rings. The van der Waals surface area contributed by atoms with E-state index in [0.717, 1.165) is 27.0 Å². The fourth-order valence-electron chi connectivity index (χ4n) is 2.89. The first-order chi connectivity index (χ1) is 14.1. The Balaban J connectivity index is 1.51. The zero-order chi connectivity index (χ0) is 20.2. The number of halogens is 1. The molecular formula is C22H17BrN6. The molecule has 7 heteroatoms. The highest BCUT2D eigenvalue weighted by atomic mass is 79.9. The van der Waals surface area contributed by atoms with Crippen molar-refractivity contribution >= 4 is 27.4 Å². The van der Waals surface area contributed by atoms with Crippen LogP contribution in [0.1, 0.15) is 16.8 Å². The van der Waals surface area contributed by atoms with Crippen LogP contribution in [0.15, 0.2) is 71.5 Å². The molecule has 0 saturated heterocycles. The summed E-state index contributed by atoms with van der Waals surface area (Å²) >= 11 is 3.45. The largest absolute Gasteiger partial charge is 0.338 e. The quantitative estimate of drug-likeness (QED) is 0.464. The van der Waals surface area contributed by atoms with Crippen molar-refractivity contribution in [3.8, 4) is 17.5 Å². The molecule has 0 spiro atoms. The van der Waals surface area contributed by atoms with Crippen LogP contribution in [-0.4, -0.2) is 19.7 Å². The van der Waals surface area contributed by atoms with Gasteiger partial charge in [0.2, 0.25) is 0 Å². The van der Waals surface area contributed by atoms with Crippen LogP contribution in [0.3, 0.4) is 0 Å². The van der Waals surface area contributed by atoms with E-state index in [9.17, 15) is 0 Å². The number of anilines is 2. The first-order valence-electron chi connectivity index (χ1n) is 8.99. The normalized spacial score (nSPS) is 10.5. The van der Waals surface area contributed by atoms with E-state index in [2.05, 4.69) is 42.4 Å². The molecule has 0 radical (unpaired) electrons. The molecule has 2 heterocycles. The Kier molecular flexibility index (Phi) is 5.36. The van der Waals surface area contributed by atoms with Crippen molar-refractivity contribution in [1.29, 1.82) is 5.26 Å². The van der Waals surface area contributed by atoms with Gasteiger partial charge in [0.1, 0.15) is 5.82 Å². The number of hydrogen-bond acceptors (Lipinski definition) is 5. The minimum atomic E-state index is 0.625. The highest BCUT2D eigenvalue weighted by molar-refractivity contribution is 9.10. The number of rotatable bonds is 5. The van der Waals surface area contributed by atoms with Crippen LogP contribution in [0.5, 0.6) is 0 Å². The van der Waals surface area contributed by atoms with Gasteiger partial charge in [-0.1, -0.05) is 40.2 Å². The maximum absolute atomic E-state index is 8.90. The summed E-state index contributed by atoms with van der Waals surface area (Å²) in [6.45, 7) is 2.57. The number of benzene rings is 2. The maximum Gasteiger partial charge on any atom is 0.161 e. The highest BCUT2D eigenvalue weighted by Crippen LogP contribution is 2.22. The molecular weight excluding hydrogens is 428 g/mol. The first kappa shape index (κ1) is 18.8. The fraction of sp³-hybridized carbons (Fsp3) is 0.0909. The zero-order valence-electron chi connectivity index (χ0n) is 15.7. The predicted octanol–water partition coefficient (Wildman–Crippen LogP) is 5.07. The average Bonchev–Trinajstić information content (AvgIpc) is 3.15. The van der Waals surface area contributed by atoms with Crippen LogP contribution >= 0.6 is 15.9 Å². The molecule has 0 aliphatic carbocycles. The number of aromatic nitrogens is 4. The molecule has 2 aromatic carbocycles. The zero-order valence-corrected chi connectivity index (χ0v) is 17.3. The summed E-state index contributed by atoms with van der Waals surface area (Å²) in [7, 11) is 0. The number of nitriles is 1. The third-order valence-corrected chi connectivity index (χ3v) is 4.82. The molecule has 0 aliphatic heterocycles. The Labute approximate surface area is 177 Å². The topological polar surface area (TPSA) is 79.4 Å². The molecule has 0 aliphatic rings. The number of nitrogens with zero attached hydrogens (tertiary/aromatic N) is 5. The van der Waals surface area contributed by atoms with Gasteiger partial charge in [0.15, 0.2) is 5.82 Å². The molecule has 1 N–H and O–H groups in total. The molecule has 4 rings (SSSR count). The van der Waals surface area contributed by atoms with Gasteiger partial charge in [0.25, 0.3) is 0 Å². The smallest absolute Gasteiger partial charge is 0.161 e. The van der Waals surface area contributed by atoms with Crippen LogP contribution in [0.25, 0.3) is 11.4 Å². The summed E-state index contributed by atoms with van der Waals surface area (Å²) < 4.78 is 2.86. The van der Waals surface area contributed by atoms with Gasteiger partial charge in [-0.3, -0.25) is 4.68 Å². The van der Waals surface area contributed by atoms with E-state index in [4.69, 9.17) is 5.26 Å². The number of nitrogens with one attached hydrogen (secondary N) is 1. The molecule has 0 saturated carbocycles. The summed E-state index contributed by atoms with van der Waals surface area (Å²) in [6.07, 6.45) is 3.69. The van der Waals surface area contributed by atoms with E-state index in [0.29, 0.717) is 23.8 Å². The molecule has 142 valence electrons. The van der Waals surface area contributed by atoms with Crippen molar-refractivity contribution in [2.75, 3.05) is 5.32 Å². The van der Waals surface area contributed by atoms with E-state index in [-0.39, 0.29) is 0 Å². The van der Waals surface area contributed by atoms with Gasteiger partial charge in [-0.15, -0.1) is 0 Å². The van der Waals surface area contributed by atoms with Gasteiger partial charge in [-0.05, 0) is 36.8 Å². The van der Waals surface area contributed by atoms with E-state index in [1.807, 2.05) is 72.4 Å². The Morgan fingerprint density at radius 2 is 1.83 bits per heavy atom. The molecule has 0 bridgehead atoms. The highest BCUT2D eigenvalue weighted by Gasteiger charge is 2.07. The first-order valence-corrected chi connectivity index (χ1v) is 9.78. The maximum atomic E-state index is 8.90. The number of hydrogen-bond donors (Lipinski definition) is 1. The third-order valence-electron chi connectivity index (χ3n) is 4.29. The van der Waals surface area contributed by atoms with Crippen molar-refractivity contribution < 1.29 is 0 Å². The third kappa shape index (κ3) is 4.68. The van der Waals surface area contributed by atoms with E-state index in [1.165, 1.54) is 0 Å². The minimum Gasteiger partial charge on any atom is -0.338 e. The molecule has 0 amide bonds. The lowest BCUT2D eigenvalue weighted by Crippen LogP contribution is -2.00. The van der Waals surface area contributed by atoms with Gasteiger partial charge < -0.3 is 5.32 Å². The van der Waals surface area contributed by atoms with Gasteiger partial charge in [0, 0.05) is 28.0 Å². The SMILES string of the molecule is Cc1cc(Nc2cnn(Cc3ccc(C#N)cc3)c2)nc(-c2ccc(Br)cc2)n1. The molecule has 29 heavy (non-hydrogen) atoms. The second-order valence-corrected chi connectivity index (χ2v) is 7.50. The van der Waals surface area contributed by atoms with Gasteiger partial charge >= 0.3 is 0 Å². The van der Waals surface area contributed by atoms with Crippen LogP contribution in [-0.2, 0) is 6.54 Å². The Bertz CT molecular complexity index is 1170. The van der Waals surface area contributed by atoms with E-state index >= 15 is 0 Å². The van der Waals surface area contributed by atoms with E-state index in [1.54, 1.807) is 6.20 Å². The summed E-state index contributed by atoms with van der Waals surface area (Å²) in [6, 6.07) is 19.4. The molecule has 0 atom stereocenters. The van der Waals surface area contributed by atoms with Crippen molar-refractivity contribution in [1.82, 2.24) is 19.7 Å². The summed E-state index contributed by atoms with van der Waals surface area (Å²) in [5.41, 5.74) is 4.41. The minimum absolute atomic E-state index is 0.625. The van der Waals surface area contributed by atoms with Gasteiger partial charge in [0.05, 0.1) is 30.1 Å². The lowest BCUT2D eigenvalue weighted by atomic mass is 10.1. The van der Waals surface area contributed by atoms with Gasteiger partial charge in [-0.2, -0.15) is 10.4 Å². The standard InChI is InChI=1S/C22H17BrN6/c1-15-10-21(28-22(26-15)18-6-8-19(23)9-7-18)27-20-12-25-29(14-20)13-17-4-2-16(11-24)3-5-17/h2-10,12,14H,13H2,1H3,(H,26,27,28). The predicted molar refractivity (Wildman–Crippen MR) is 116 cm³/mol. The second kappa shape index (κ2) is 8.25. The van der Waals surface area contributed by atoms with Crippen LogP contribution in [0, 0.1) is 18.3 Å². The molecule has 6 nitrogen and oxygen atoms in total. The Hall–Kier alpha value is -3.50. The summed E-state index contributed by atoms with van der Waals surface area (Å²) in [5.74, 6) is 1.39. The fourth-order valence-corrected chi connectivity index (χ4v) is 3.16. The van der Waals surface area contributed by atoms with Crippen molar-refractivity contribution in [3.05, 3.63) is 88.3 Å². The lowest BCUT2D eigenvalue weighted by molar-refractivity contribution is 0.687. The van der Waals surface area contributed by atoms with Crippen LogP contribution < -0.4 is 5.32 Å². The second-order valence-electron chi connectivity index (χ2n) is 6.59. The molecule has 2 aromatic heterocycles. The Morgan fingerprint density at radius 1 is 1.07 bits per heavy atom. The van der Waals surface area contributed by atoms with E-state index < -0.39 is 0 Å². The van der Waals surface area contributed by atoms with Crippen LogP contribution in [0.4, 0.5) is 11.5 Å².